The second kappa shape index (κ2) is 6.53. The maximum atomic E-state index is 13.3. The topological polar surface area (TPSA) is 89.7 Å². The Labute approximate surface area is 157 Å². The van der Waals surface area contributed by atoms with Crippen LogP contribution in [0.1, 0.15) is 29.8 Å². The van der Waals surface area contributed by atoms with Crippen molar-refractivity contribution in [3.63, 3.8) is 0 Å². The van der Waals surface area contributed by atoms with Crippen molar-refractivity contribution in [3.05, 3.63) is 53.6 Å². The minimum atomic E-state index is -0.373. The molecule has 8 nitrogen and oxygen atoms in total. The molecule has 1 aromatic carbocycles. The molecule has 140 valence electrons. The molecule has 4 rings (SSSR count). The van der Waals surface area contributed by atoms with E-state index >= 15 is 0 Å². The molecule has 0 radical (unpaired) electrons. The Morgan fingerprint density at radius 1 is 1.26 bits per heavy atom. The van der Waals surface area contributed by atoms with Crippen LogP contribution in [0, 0.1) is 19.8 Å². The number of fused-ring (bicyclic) bond motifs is 1. The third-order valence-electron chi connectivity index (χ3n) is 5.15. The molecule has 27 heavy (non-hydrogen) atoms. The van der Waals surface area contributed by atoms with Gasteiger partial charge in [-0.05, 0) is 32.4 Å². The highest BCUT2D eigenvalue weighted by atomic mass is 16.2. The third-order valence-corrected chi connectivity index (χ3v) is 5.15. The highest BCUT2D eigenvalue weighted by molar-refractivity contribution is 5.94. The van der Waals surface area contributed by atoms with Crippen molar-refractivity contribution < 1.29 is 4.79 Å². The van der Waals surface area contributed by atoms with Gasteiger partial charge in [-0.1, -0.05) is 18.2 Å². The molecule has 1 amide bonds. The average molecular weight is 365 g/mol. The van der Waals surface area contributed by atoms with Crippen LogP contribution in [0.2, 0.25) is 0 Å². The van der Waals surface area contributed by atoms with Crippen LogP contribution < -0.4 is 10.6 Å². The summed E-state index contributed by atoms with van der Waals surface area (Å²) in [5.41, 5.74) is 3.70. The molecule has 8 heteroatoms. The first-order chi connectivity index (χ1) is 13.0. The van der Waals surface area contributed by atoms with Crippen molar-refractivity contribution in [1.29, 1.82) is 0 Å². The fraction of sp³-hybridized carbons (Fsp3) is 0.368. The maximum Gasteiger partial charge on any atom is 0.232 e. The molecule has 1 aliphatic heterocycles. The predicted molar refractivity (Wildman–Crippen MR) is 102 cm³/mol. The lowest BCUT2D eigenvalue weighted by atomic mass is 9.85. The van der Waals surface area contributed by atoms with Crippen molar-refractivity contribution in [3.8, 4) is 0 Å². The number of anilines is 2. The van der Waals surface area contributed by atoms with Gasteiger partial charge >= 0.3 is 0 Å². The first-order valence-corrected chi connectivity index (χ1v) is 8.98. The van der Waals surface area contributed by atoms with Gasteiger partial charge in [-0.2, -0.15) is 15.2 Å². The Morgan fingerprint density at radius 2 is 2.04 bits per heavy atom. The molecule has 0 bridgehead atoms. The number of nitrogens with zero attached hydrogens (tertiary/aromatic N) is 5. The van der Waals surface area contributed by atoms with Gasteiger partial charge in [0.25, 0.3) is 0 Å². The van der Waals surface area contributed by atoms with Crippen molar-refractivity contribution in [2.45, 2.75) is 32.9 Å². The van der Waals surface area contributed by atoms with Gasteiger partial charge in [0, 0.05) is 30.5 Å². The average Bonchev–Trinajstić information content (AvgIpc) is 3.21. The largest absolute Gasteiger partial charge is 0.351 e. The van der Waals surface area contributed by atoms with Crippen LogP contribution in [0.3, 0.4) is 0 Å². The molecule has 0 saturated heterocycles. The first kappa shape index (κ1) is 17.3. The Bertz CT molecular complexity index is 990. The first-order valence-electron chi connectivity index (χ1n) is 8.98. The molecule has 2 aromatic heterocycles. The van der Waals surface area contributed by atoms with Crippen LogP contribution in [0.5, 0.6) is 0 Å². The highest BCUT2D eigenvalue weighted by Gasteiger charge is 2.42. The van der Waals surface area contributed by atoms with Crippen LogP contribution in [-0.2, 0) is 11.8 Å². The number of nitrogens with one attached hydrogen (secondary N) is 2. The Morgan fingerprint density at radius 3 is 2.74 bits per heavy atom. The van der Waals surface area contributed by atoms with Crippen molar-refractivity contribution >= 4 is 17.5 Å². The fourth-order valence-electron chi connectivity index (χ4n) is 3.81. The van der Waals surface area contributed by atoms with E-state index in [9.17, 15) is 4.79 Å². The van der Waals surface area contributed by atoms with Gasteiger partial charge in [0.15, 0.2) is 0 Å². The summed E-state index contributed by atoms with van der Waals surface area (Å²) in [7, 11) is 1.88. The van der Waals surface area contributed by atoms with Gasteiger partial charge in [0.1, 0.15) is 6.33 Å². The summed E-state index contributed by atoms with van der Waals surface area (Å²) in [6.45, 7) is 5.93. The van der Waals surface area contributed by atoms with E-state index in [-0.39, 0.29) is 23.9 Å². The number of carbonyl (C=O) groups excluding carboxylic acids is 1. The van der Waals surface area contributed by atoms with Gasteiger partial charge in [-0.3, -0.25) is 9.48 Å². The van der Waals surface area contributed by atoms with Crippen LogP contribution in [0.25, 0.3) is 0 Å². The van der Waals surface area contributed by atoms with Crippen LogP contribution in [0.4, 0.5) is 11.6 Å². The van der Waals surface area contributed by atoms with E-state index < -0.39 is 0 Å². The molecule has 0 aliphatic carbocycles. The van der Waals surface area contributed by atoms with Crippen molar-refractivity contribution in [1.82, 2.24) is 24.5 Å². The summed E-state index contributed by atoms with van der Waals surface area (Å²) in [4.78, 5) is 17.6. The minimum absolute atomic E-state index is 0.0568. The summed E-state index contributed by atoms with van der Waals surface area (Å²) in [5, 5.41) is 15.2. The van der Waals surface area contributed by atoms with E-state index in [2.05, 4.69) is 25.8 Å². The molecule has 3 heterocycles. The maximum absolute atomic E-state index is 13.3. The number of aromatic nitrogens is 5. The number of hydrogen-bond donors (Lipinski definition) is 2. The number of carbonyl (C=O) groups is 1. The number of para-hydroxylation sites is 1. The SMILES string of the molecule is Cc1ccccc1NC(=O)[C@H]1[C@H](C)Nc2ncnn2[C@@H]1c1cn(C)nc1C. The molecule has 0 fully saturated rings. The van der Waals surface area contributed by atoms with E-state index in [0.717, 1.165) is 22.5 Å². The van der Waals surface area contributed by atoms with E-state index in [1.807, 2.05) is 58.3 Å². The zero-order valence-corrected chi connectivity index (χ0v) is 15.8. The molecular formula is C19H23N7O. The van der Waals surface area contributed by atoms with Crippen LogP contribution >= 0.6 is 0 Å². The Kier molecular flexibility index (Phi) is 4.18. The quantitative estimate of drug-likeness (QED) is 0.743. The van der Waals surface area contributed by atoms with Crippen molar-refractivity contribution in [2.75, 3.05) is 10.6 Å². The summed E-state index contributed by atoms with van der Waals surface area (Å²) in [5.74, 6) is 0.233. The fourth-order valence-corrected chi connectivity index (χ4v) is 3.81. The monoisotopic (exact) mass is 365 g/mol. The van der Waals surface area contributed by atoms with E-state index in [1.54, 1.807) is 9.36 Å². The normalized spacial score (nSPS) is 21.4. The lowest BCUT2D eigenvalue weighted by molar-refractivity contribution is -0.121. The molecule has 0 unspecified atom stereocenters. The molecule has 3 atom stereocenters. The van der Waals surface area contributed by atoms with E-state index in [0.29, 0.717) is 5.95 Å². The number of rotatable bonds is 3. The van der Waals surface area contributed by atoms with Crippen LogP contribution in [0.15, 0.2) is 36.8 Å². The zero-order valence-electron chi connectivity index (χ0n) is 15.8. The van der Waals surface area contributed by atoms with Crippen molar-refractivity contribution in [2.24, 2.45) is 13.0 Å². The third kappa shape index (κ3) is 2.97. The Balaban J connectivity index is 1.76. The van der Waals surface area contributed by atoms with Gasteiger partial charge in [0.2, 0.25) is 11.9 Å². The summed E-state index contributed by atoms with van der Waals surface area (Å²) >= 11 is 0. The number of amides is 1. The van der Waals surface area contributed by atoms with Crippen LogP contribution in [-0.4, -0.2) is 36.5 Å². The Hall–Kier alpha value is -3.16. The number of benzene rings is 1. The summed E-state index contributed by atoms with van der Waals surface area (Å²) < 4.78 is 3.55. The molecule has 1 aliphatic rings. The van der Waals surface area contributed by atoms with Gasteiger partial charge in [-0.15, -0.1) is 0 Å². The highest BCUT2D eigenvalue weighted by Crippen LogP contribution is 2.37. The molecule has 0 spiro atoms. The minimum Gasteiger partial charge on any atom is -0.351 e. The molecule has 2 N–H and O–H groups in total. The molecule has 3 aromatic rings. The predicted octanol–water partition coefficient (Wildman–Crippen LogP) is 2.29. The molecular weight excluding hydrogens is 342 g/mol. The summed E-state index contributed by atoms with van der Waals surface area (Å²) in [6, 6.07) is 7.38. The second-order valence-corrected chi connectivity index (χ2v) is 7.08. The zero-order chi connectivity index (χ0) is 19.1. The van der Waals surface area contributed by atoms with Gasteiger partial charge < -0.3 is 10.6 Å². The smallest absolute Gasteiger partial charge is 0.232 e. The lowest BCUT2D eigenvalue weighted by Gasteiger charge is -2.36. The van der Waals surface area contributed by atoms with E-state index in [1.165, 1.54) is 6.33 Å². The number of hydrogen-bond acceptors (Lipinski definition) is 5. The molecule has 0 saturated carbocycles. The standard InChI is InChI=1S/C19H23N7O/c1-11-7-5-6-8-15(11)23-18(27)16-13(3)22-19-20-10-21-26(19)17(16)14-9-25(4)24-12(14)2/h5-10,13,16-17H,1-4H3,(H,23,27)(H,20,21,22)/t13-,16-,17+/m0/s1. The summed E-state index contributed by atoms with van der Waals surface area (Å²) in [6.07, 6.45) is 3.47. The van der Waals surface area contributed by atoms with E-state index in [4.69, 9.17) is 0 Å². The van der Waals surface area contributed by atoms with Gasteiger partial charge in [-0.25, -0.2) is 4.68 Å². The second-order valence-electron chi connectivity index (χ2n) is 7.08. The van der Waals surface area contributed by atoms with Gasteiger partial charge in [0.05, 0.1) is 17.7 Å². The lowest BCUT2D eigenvalue weighted by Crippen LogP contribution is -2.46. The number of aryl methyl sites for hydroxylation is 3.